The van der Waals surface area contributed by atoms with Crippen LogP contribution in [0.2, 0.25) is 10.0 Å². The number of furan rings is 1. The Balaban J connectivity index is 1.92. The maximum Gasteiger partial charge on any atom is 0.341 e. The Bertz CT molecular complexity index is 1080. The summed E-state index contributed by atoms with van der Waals surface area (Å²) >= 11 is 13.4. The summed E-state index contributed by atoms with van der Waals surface area (Å²) in [7, 11) is 0. The first-order valence-electron chi connectivity index (χ1n) is 8.86. The molecular formula is C21H19Cl2NO4S. The third kappa shape index (κ3) is 4.50. The van der Waals surface area contributed by atoms with Gasteiger partial charge in [0.2, 0.25) is 0 Å². The van der Waals surface area contributed by atoms with E-state index in [1.54, 1.807) is 38.1 Å². The molecule has 0 radical (unpaired) electrons. The minimum atomic E-state index is -0.456. The summed E-state index contributed by atoms with van der Waals surface area (Å²) in [5.41, 5.74) is 2.20. The van der Waals surface area contributed by atoms with E-state index in [-0.39, 0.29) is 12.5 Å². The Morgan fingerprint density at radius 3 is 2.38 bits per heavy atom. The summed E-state index contributed by atoms with van der Waals surface area (Å²) in [6.45, 7) is 7.41. The van der Waals surface area contributed by atoms with E-state index in [0.717, 1.165) is 10.4 Å². The van der Waals surface area contributed by atoms with E-state index in [1.165, 1.54) is 11.3 Å². The first-order chi connectivity index (χ1) is 13.7. The molecule has 2 heterocycles. The van der Waals surface area contributed by atoms with E-state index in [1.807, 2.05) is 13.8 Å². The fourth-order valence-electron chi connectivity index (χ4n) is 2.88. The van der Waals surface area contributed by atoms with Crippen LogP contribution in [0.25, 0.3) is 11.3 Å². The Labute approximate surface area is 182 Å². The van der Waals surface area contributed by atoms with Gasteiger partial charge in [0.15, 0.2) is 0 Å². The summed E-state index contributed by atoms with van der Waals surface area (Å²) in [4.78, 5) is 26.2. The van der Waals surface area contributed by atoms with Crippen molar-refractivity contribution in [3.63, 3.8) is 0 Å². The van der Waals surface area contributed by atoms with Crippen LogP contribution in [0.1, 0.15) is 43.8 Å². The molecule has 0 bridgehead atoms. The van der Waals surface area contributed by atoms with Crippen LogP contribution in [0, 0.1) is 20.8 Å². The number of nitrogens with one attached hydrogen (secondary N) is 1. The number of ether oxygens (including phenoxy) is 1. The van der Waals surface area contributed by atoms with E-state index in [4.69, 9.17) is 32.4 Å². The van der Waals surface area contributed by atoms with Gasteiger partial charge >= 0.3 is 5.97 Å². The summed E-state index contributed by atoms with van der Waals surface area (Å²) in [6.07, 6.45) is 0. The molecule has 3 rings (SSSR count). The number of halogens is 2. The van der Waals surface area contributed by atoms with E-state index < -0.39 is 5.97 Å². The molecule has 3 aromatic rings. The number of carbonyl (C=O) groups is 2. The van der Waals surface area contributed by atoms with Crippen LogP contribution in [-0.2, 0) is 4.74 Å². The van der Waals surface area contributed by atoms with Gasteiger partial charge in [-0.05, 0) is 57.5 Å². The summed E-state index contributed by atoms with van der Waals surface area (Å²) in [5, 5.41) is 4.22. The van der Waals surface area contributed by atoms with Crippen LogP contribution in [-0.4, -0.2) is 18.5 Å². The minimum absolute atomic E-state index is 0.257. The van der Waals surface area contributed by atoms with Gasteiger partial charge in [0.25, 0.3) is 5.91 Å². The molecule has 0 aliphatic rings. The maximum atomic E-state index is 12.9. The van der Waals surface area contributed by atoms with Crippen LogP contribution in [0.5, 0.6) is 0 Å². The molecular weight excluding hydrogens is 433 g/mol. The first kappa shape index (κ1) is 21.4. The van der Waals surface area contributed by atoms with Gasteiger partial charge in [-0.1, -0.05) is 23.2 Å². The van der Waals surface area contributed by atoms with Crippen LogP contribution >= 0.6 is 34.5 Å². The second-order valence-electron chi connectivity index (χ2n) is 6.40. The smallest absolute Gasteiger partial charge is 0.341 e. The molecule has 0 unspecified atom stereocenters. The molecule has 2 aromatic heterocycles. The zero-order chi connectivity index (χ0) is 21.3. The molecule has 0 spiro atoms. The van der Waals surface area contributed by atoms with Gasteiger partial charge in [0, 0.05) is 20.5 Å². The second-order valence-corrected chi connectivity index (χ2v) is 8.50. The maximum absolute atomic E-state index is 12.9. The van der Waals surface area contributed by atoms with Crippen molar-refractivity contribution in [2.75, 3.05) is 11.9 Å². The van der Waals surface area contributed by atoms with Gasteiger partial charge in [-0.3, -0.25) is 4.79 Å². The van der Waals surface area contributed by atoms with Gasteiger partial charge in [0.05, 0.1) is 17.7 Å². The van der Waals surface area contributed by atoms with E-state index in [0.29, 0.717) is 43.3 Å². The van der Waals surface area contributed by atoms with Gasteiger partial charge in [-0.15, -0.1) is 11.3 Å². The van der Waals surface area contributed by atoms with Gasteiger partial charge in [-0.25, -0.2) is 4.79 Å². The molecule has 0 saturated carbocycles. The third-order valence-electron chi connectivity index (χ3n) is 4.40. The SMILES string of the molecule is CCOC(=O)c1c(NC(=O)c2cc(-c3cc(Cl)cc(Cl)c3)oc2C)sc(C)c1C. The molecule has 5 nitrogen and oxygen atoms in total. The molecule has 0 saturated heterocycles. The largest absolute Gasteiger partial charge is 0.462 e. The summed E-state index contributed by atoms with van der Waals surface area (Å²) in [6, 6.07) is 6.66. The van der Waals surface area contributed by atoms with Gasteiger partial charge in [0.1, 0.15) is 16.5 Å². The molecule has 152 valence electrons. The van der Waals surface area contributed by atoms with Crippen molar-refractivity contribution >= 4 is 51.4 Å². The molecule has 0 atom stereocenters. The fourth-order valence-corrected chi connectivity index (χ4v) is 4.45. The van der Waals surface area contributed by atoms with Crippen molar-refractivity contribution < 1.29 is 18.7 Å². The topological polar surface area (TPSA) is 68.5 Å². The van der Waals surface area contributed by atoms with Crippen LogP contribution in [0.3, 0.4) is 0 Å². The summed E-state index contributed by atoms with van der Waals surface area (Å²) < 4.78 is 10.9. The number of aryl methyl sites for hydroxylation is 2. The average molecular weight is 452 g/mol. The number of hydrogen-bond acceptors (Lipinski definition) is 5. The predicted molar refractivity (Wildman–Crippen MR) is 117 cm³/mol. The zero-order valence-electron chi connectivity index (χ0n) is 16.3. The Morgan fingerprint density at radius 2 is 1.76 bits per heavy atom. The lowest BCUT2D eigenvalue weighted by Crippen LogP contribution is -2.15. The van der Waals surface area contributed by atoms with E-state index >= 15 is 0 Å². The van der Waals surface area contributed by atoms with E-state index in [9.17, 15) is 9.59 Å². The van der Waals surface area contributed by atoms with Gasteiger partial charge in [-0.2, -0.15) is 0 Å². The Kier molecular flexibility index (Phi) is 6.36. The third-order valence-corrected chi connectivity index (χ3v) is 5.96. The van der Waals surface area contributed by atoms with Crippen molar-refractivity contribution in [1.29, 1.82) is 0 Å². The first-order valence-corrected chi connectivity index (χ1v) is 10.4. The number of amides is 1. The quantitative estimate of drug-likeness (QED) is 0.439. The highest BCUT2D eigenvalue weighted by molar-refractivity contribution is 7.16. The number of hydrogen-bond donors (Lipinski definition) is 1. The normalized spacial score (nSPS) is 10.8. The highest BCUT2D eigenvalue weighted by Gasteiger charge is 2.24. The van der Waals surface area contributed by atoms with Crippen molar-refractivity contribution in [2.24, 2.45) is 0 Å². The van der Waals surface area contributed by atoms with Crippen LogP contribution in [0.4, 0.5) is 5.00 Å². The number of benzene rings is 1. The molecule has 8 heteroatoms. The molecule has 0 aliphatic carbocycles. The number of rotatable bonds is 5. The van der Waals surface area contributed by atoms with Gasteiger partial charge < -0.3 is 14.5 Å². The van der Waals surface area contributed by atoms with Crippen molar-refractivity contribution in [3.8, 4) is 11.3 Å². The Morgan fingerprint density at radius 1 is 1.10 bits per heavy atom. The number of esters is 1. The predicted octanol–water partition coefficient (Wildman–Crippen LogP) is 6.67. The number of thiophene rings is 1. The second kappa shape index (κ2) is 8.61. The van der Waals surface area contributed by atoms with E-state index in [2.05, 4.69) is 5.32 Å². The standard InChI is InChI=1S/C21H19Cl2NO4S/c1-5-27-21(26)18-10(2)12(4)29-20(18)24-19(25)16-9-17(28-11(16)3)13-6-14(22)8-15(23)7-13/h6-9H,5H2,1-4H3,(H,24,25). The summed E-state index contributed by atoms with van der Waals surface area (Å²) in [5.74, 6) is 0.0812. The minimum Gasteiger partial charge on any atom is -0.462 e. The highest BCUT2D eigenvalue weighted by atomic mass is 35.5. The van der Waals surface area contributed by atoms with Crippen LogP contribution in [0.15, 0.2) is 28.7 Å². The highest BCUT2D eigenvalue weighted by Crippen LogP contribution is 2.35. The fraction of sp³-hybridized carbons (Fsp3) is 0.238. The van der Waals surface area contributed by atoms with Crippen molar-refractivity contribution in [1.82, 2.24) is 0 Å². The van der Waals surface area contributed by atoms with Crippen LogP contribution < -0.4 is 5.32 Å². The Hall–Kier alpha value is -2.28. The molecule has 29 heavy (non-hydrogen) atoms. The van der Waals surface area contributed by atoms with Crippen molar-refractivity contribution in [3.05, 3.63) is 61.6 Å². The average Bonchev–Trinajstić information content (AvgIpc) is 3.14. The lowest BCUT2D eigenvalue weighted by Gasteiger charge is -2.06. The molecule has 1 aromatic carbocycles. The lowest BCUT2D eigenvalue weighted by atomic mass is 10.1. The number of anilines is 1. The lowest BCUT2D eigenvalue weighted by molar-refractivity contribution is 0.0527. The monoisotopic (exact) mass is 451 g/mol. The molecule has 1 amide bonds. The molecule has 0 aliphatic heterocycles. The molecule has 1 N–H and O–H groups in total. The number of carbonyl (C=O) groups excluding carboxylic acids is 2. The molecule has 0 fully saturated rings. The zero-order valence-corrected chi connectivity index (χ0v) is 18.6. The van der Waals surface area contributed by atoms with Crippen molar-refractivity contribution in [2.45, 2.75) is 27.7 Å².